The summed E-state index contributed by atoms with van der Waals surface area (Å²) >= 11 is 6.02. The summed E-state index contributed by atoms with van der Waals surface area (Å²) in [4.78, 5) is 26.2. The van der Waals surface area contributed by atoms with Crippen molar-refractivity contribution in [1.29, 1.82) is 0 Å². The molecule has 2 aromatic carbocycles. The summed E-state index contributed by atoms with van der Waals surface area (Å²) in [5.41, 5.74) is 1.78. The van der Waals surface area contributed by atoms with Crippen LogP contribution in [0, 0.1) is 5.92 Å². The standard InChI is InChI=1S/C20H21ClN2O2/c21-17-8-4-5-9-18(17)22-19(24)20(25)23-12-10-16(11-13-23)14-15-6-2-1-3-7-15/h1-9,16H,10-14H2,(H,22,24). The smallest absolute Gasteiger partial charge is 0.313 e. The first-order valence-corrected chi connectivity index (χ1v) is 8.90. The Hall–Kier alpha value is -2.33. The molecule has 2 amide bonds. The molecule has 3 rings (SSSR count). The number of piperidine rings is 1. The Morgan fingerprint density at radius 1 is 1.00 bits per heavy atom. The number of nitrogens with one attached hydrogen (secondary N) is 1. The highest BCUT2D eigenvalue weighted by Gasteiger charge is 2.27. The number of hydrogen-bond acceptors (Lipinski definition) is 2. The van der Waals surface area contributed by atoms with Crippen LogP contribution in [-0.4, -0.2) is 29.8 Å². The lowest BCUT2D eigenvalue weighted by molar-refractivity contribution is -0.144. The number of para-hydroxylation sites is 1. The number of halogens is 1. The summed E-state index contributed by atoms with van der Waals surface area (Å²) < 4.78 is 0. The fraction of sp³-hybridized carbons (Fsp3) is 0.300. The number of carbonyl (C=O) groups excluding carboxylic acids is 2. The van der Waals surface area contributed by atoms with Crippen molar-refractivity contribution in [2.45, 2.75) is 19.3 Å². The van der Waals surface area contributed by atoms with Crippen LogP contribution in [0.1, 0.15) is 18.4 Å². The van der Waals surface area contributed by atoms with Crippen molar-refractivity contribution in [3.8, 4) is 0 Å². The molecule has 0 aromatic heterocycles. The Labute approximate surface area is 152 Å². The molecule has 0 spiro atoms. The predicted molar refractivity (Wildman–Crippen MR) is 99.5 cm³/mol. The summed E-state index contributed by atoms with van der Waals surface area (Å²) in [6, 6.07) is 17.3. The highest BCUT2D eigenvalue weighted by Crippen LogP contribution is 2.23. The van der Waals surface area contributed by atoms with Gasteiger partial charge in [0.05, 0.1) is 10.7 Å². The van der Waals surface area contributed by atoms with Gasteiger partial charge in [-0.1, -0.05) is 54.1 Å². The van der Waals surface area contributed by atoms with Crippen molar-refractivity contribution < 1.29 is 9.59 Å². The van der Waals surface area contributed by atoms with E-state index in [4.69, 9.17) is 11.6 Å². The van der Waals surface area contributed by atoms with Crippen LogP contribution >= 0.6 is 11.6 Å². The topological polar surface area (TPSA) is 49.4 Å². The van der Waals surface area contributed by atoms with Gasteiger partial charge in [-0.2, -0.15) is 0 Å². The SMILES string of the molecule is O=C(Nc1ccccc1Cl)C(=O)N1CCC(Cc2ccccc2)CC1. The summed E-state index contributed by atoms with van der Waals surface area (Å²) in [7, 11) is 0. The fourth-order valence-corrected chi connectivity index (χ4v) is 3.35. The molecule has 1 aliphatic heterocycles. The minimum atomic E-state index is -0.630. The molecule has 0 aliphatic carbocycles. The van der Waals surface area contributed by atoms with Gasteiger partial charge in [-0.25, -0.2) is 0 Å². The summed E-state index contributed by atoms with van der Waals surface area (Å²) in [5.74, 6) is -0.564. The van der Waals surface area contributed by atoms with Crippen molar-refractivity contribution in [1.82, 2.24) is 4.90 Å². The van der Waals surface area contributed by atoms with Gasteiger partial charge in [0.2, 0.25) is 0 Å². The normalized spacial score (nSPS) is 15.0. The molecule has 4 nitrogen and oxygen atoms in total. The summed E-state index contributed by atoms with van der Waals surface area (Å²) in [6.07, 6.45) is 2.86. The molecule has 130 valence electrons. The van der Waals surface area contributed by atoms with E-state index in [-0.39, 0.29) is 0 Å². The average molecular weight is 357 g/mol. The first kappa shape index (κ1) is 17.5. The number of rotatable bonds is 3. The van der Waals surface area contributed by atoms with Crippen LogP contribution in [0.2, 0.25) is 5.02 Å². The van der Waals surface area contributed by atoms with Crippen LogP contribution in [0.4, 0.5) is 5.69 Å². The molecule has 1 saturated heterocycles. The summed E-state index contributed by atoms with van der Waals surface area (Å²) in [5, 5.41) is 3.02. The third-order valence-corrected chi connectivity index (χ3v) is 4.91. The van der Waals surface area contributed by atoms with Gasteiger partial charge in [-0.05, 0) is 42.9 Å². The van der Waals surface area contributed by atoms with E-state index in [2.05, 4.69) is 17.4 Å². The lowest BCUT2D eigenvalue weighted by atomic mass is 9.90. The van der Waals surface area contributed by atoms with Gasteiger partial charge in [0.1, 0.15) is 0 Å². The third kappa shape index (κ3) is 4.60. The molecular weight excluding hydrogens is 336 g/mol. The van der Waals surface area contributed by atoms with Crippen LogP contribution in [0.5, 0.6) is 0 Å². The molecule has 1 N–H and O–H groups in total. The average Bonchev–Trinajstić information content (AvgIpc) is 2.64. The van der Waals surface area contributed by atoms with E-state index >= 15 is 0 Å². The quantitative estimate of drug-likeness (QED) is 0.851. The maximum atomic E-state index is 12.3. The first-order chi connectivity index (χ1) is 12.1. The van der Waals surface area contributed by atoms with Crippen LogP contribution in [0.15, 0.2) is 54.6 Å². The third-order valence-electron chi connectivity index (χ3n) is 4.59. The lowest BCUT2D eigenvalue weighted by Crippen LogP contribution is -2.44. The Kier molecular flexibility index (Phi) is 5.71. The second-order valence-corrected chi connectivity index (χ2v) is 6.77. The second-order valence-electron chi connectivity index (χ2n) is 6.36. The molecule has 0 unspecified atom stereocenters. The highest BCUT2D eigenvalue weighted by molar-refractivity contribution is 6.41. The van der Waals surface area contributed by atoms with E-state index in [9.17, 15) is 9.59 Å². The van der Waals surface area contributed by atoms with Crippen LogP contribution in [0.3, 0.4) is 0 Å². The number of carbonyl (C=O) groups is 2. The Morgan fingerprint density at radius 2 is 1.64 bits per heavy atom. The van der Waals surface area contributed by atoms with Crippen molar-refractivity contribution >= 4 is 29.1 Å². The number of amides is 2. The van der Waals surface area contributed by atoms with E-state index in [1.807, 2.05) is 18.2 Å². The maximum Gasteiger partial charge on any atom is 0.313 e. The Balaban J connectivity index is 1.51. The van der Waals surface area contributed by atoms with Gasteiger partial charge in [0, 0.05) is 13.1 Å². The number of hydrogen-bond donors (Lipinski definition) is 1. The molecule has 0 atom stereocenters. The van der Waals surface area contributed by atoms with Crippen molar-refractivity contribution in [3.63, 3.8) is 0 Å². The van der Waals surface area contributed by atoms with E-state index in [0.717, 1.165) is 19.3 Å². The molecular formula is C20H21ClN2O2. The zero-order chi connectivity index (χ0) is 17.6. The molecule has 0 saturated carbocycles. The zero-order valence-corrected chi connectivity index (χ0v) is 14.7. The predicted octanol–water partition coefficient (Wildman–Crippen LogP) is 3.76. The molecule has 2 aromatic rings. The van der Waals surface area contributed by atoms with Crippen LogP contribution < -0.4 is 5.32 Å². The van der Waals surface area contributed by atoms with Gasteiger partial charge in [-0.3, -0.25) is 9.59 Å². The number of nitrogens with zero attached hydrogens (tertiary/aromatic N) is 1. The monoisotopic (exact) mass is 356 g/mol. The Bertz CT molecular complexity index is 740. The summed E-state index contributed by atoms with van der Waals surface area (Å²) in [6.45, 7) is 1.23. The minimum absolute atomic E-state index is 0.421. The number of anilines is 1. The van der Waals surface area contributed by atoms with Gasteiger partial charge >= 0.3 is 11.8 Å². The van der Waals surface area contributed by atoms with Gasteiger partial charge in [-0.15, -0.1) is 0 Å². The highest BCUT2D eigenvalue weighted by atomic mass is 35.5. The van der Waals surface area contributed by atoms with E-state index in [0.29, 0.717) is 29.7 Å². The molecule has 25 heavy (non-hydrogen) atoms. The lowest BCUT2D eigenvalue weighted by Gasteiger charge is -2.31. The molecule has 1 fully saturated rings. The minimum Gasteiger partial charge on any atom is -0.334 e. The zero-order valence-electron chi connectivity index (χ0n) is 14.0. The van der Waals surface area contributed by atoms with Gasteiger partial charge in [0.15, 0.2) is 0 Å². The molecule has 1 aliphatic rings. The van der Waals surface area contributed by atoms with Crippen LogP contribution in [0.25, 0.3) is 0 Å². The number of benzene rings is 2. The molecule has 5 heteroatoms. The van der Waals surface area contributed by atoms with Crippen molar-refractivity contribution in [3.05, 3.63) is 65.2 Å². The number of likely N-dealkylation sites (tertiary alicyclic amines) is 1. The van der Waals surface area contributed by atoms with Gasteiger partial charge in [0.25, 0.3) is 0 Å². The molecule has 0 radical (unpaired) electrons. The fourth-order valence-electron chi connectivity index (χ4n) is 3.17. The van der Waals surface area contributed by atoms with Crippen molar-refractivity contribution in [2.75, 3.05) is 18.4 Å². The molecule has 1 heterocycles. The van der Waals surface area contributed by atoms with E-state index < -0.39 is 11.8 Å². The largest absolute Gasteiger partial charge is 0.334 e. The second kappa shape index (κ2) is 8.17. The van der Waals surface area contributed by atoms with E-state index in [1.165, 1.54) is 5.56 Å². The maximum absolute atomic E-state index is 12.3. The van der Waals surface area contributed by atoms with E-state index in [1.54, 1.807) is 29.2 Å². The van der Waals surface area contributed by atoms with Gasteiger partial charge < -0.3 is 10.2 Å². The molecule has 0 bridgehead atoms. The van der Waals surface area contributed by atoms with Crippen LogP contribution in [-0.2, 0) is 16.0 Å². The first-order valence-electron chi connectivity index (χ1n) is 8.52. The van der Waals surface area contributed by atoms with Crippen molar-refractivity contribution in [2.24, 2.45) is 5.92 Å². The Morgan fingerprint density at radius 3 is 2.32 bits per heavy atom.